The summed E-state index contributed by atoms with van der Waals surface area (Å²) in [5.41, 5.74) is 0.814. The maximum Gasteiger partial charge on any atom is 0.0881 e. The standard InChI is InChI=1S/C9H7N2OS/c10-9-11(6-7-13(9)12)8-4-2-1-3-5-8/h1-5,7,10H/q-1. The van der Waals surface area contributed by atoms with E-state index < -0.39 is 10.8 Å². The van der Waals surface area contributed by atoms with Gasteiger partial charge in [-0.25, -0.2) is 0 Å². The second kappa shape index (κ2) is 3.14. The van der Waals surface area contributed by atoms with Gasteiger partial charge in [-0.1, -0.05) is 42.2 Å². The molecule has 0 aliphatic carbocycles. The molecule has 0 saturated heterocycles. The van der Waals surface area contributed by atoms with E-state index in [1.165, 1.54) is 10.3 Å². The highest BCUT2D eigenvalue weighted by Crippen LogP contribution is 2.18. The minimum Gasteiger partial charge on any atom is -0.455 e. The predicted octanol–water partition coefficient (Wildman–Crippen LogP) is 1.46. The zero-order chi connectivity index (χ0) is 9.26. The van der Waals surface area contributed by atoms with E-state index >= 15 is 0 Å². The number of benzene rings is 1. The molecule has 1 aliphatic rings. The lowest BCUT2D eigenvalue weighted by Crippen LogP contribution is -2.21. The molecule has 1 N–H and O–H groups in total. The van der Waals surface area contributed by atoms with Crippen molar-refractivity contribution in [3.63, 3.8) is 0 Å². The fourth-order valence-electron chi connectivity index (χ4n) is 1.07. The summed E-state index contributed by atoms with van der Waals surface area (Å²) in [5, 5.41) is 8.93. The number of amidine groups is 1. The number of para-hydroxylation sites is 1. The monoisotopic (exact) mass is 191 g/mol. The van der Waals surface area contributed by atoms with Crippen LogP contribution in [-0.2, 0) is 10.8 Å². The second-order valence-electron chi connectivity index (χ2n) is 2.52. The van der Waals surface area contributed by atoms with Crippen molar-refractivity contribution in [3.05, 3.63) is 41.9 Å². The summed E-state index contributed by atoms with van der Waals surface area (Å²) in [7, 11) is -1.33. The molecule has 4 heteroatoms. The molecule has 3 nitrogen and oxygen atoms in total. The molecule has 1 heterocycles. The molecule has 0 bridgehead atoms. The molecule has 66 valence electrons. The van der Waals surface area contributed by atoms with Crippen LogP contribution >= 0.6 is 0 Å². The van der Waals surface area contributed by atoms with Crippen molar-refractivity contribution in [2.24, 2.45) is 0 Å². The van der Waals surface area contributed by atoms with Crippen molar-refractivity contribution < 1.29 is 4.21 Å². The van der Waals surface area contributed by atoms with Crippen LogP contribution in [0.15, 0.2) is 35.7 Å². The van der Waals surface area contributed by atoms with E-state index in [0.29, 0.717) is 0 Å². The van der Waals surface area contributed by atoms with Gasteiger partial charge >= 0.3 is 0 Å². The third-order valence-electron chi connectivity index (χ3n) is 1.70. The third kappa shape index (κ3) is 1.40. The van der Waals surface area contributed by atoms with Crippen molar-refractivity contribution in [2.45, 2.75) is 0 Å². The van der Waals surface area contributed by atoms with Gasteiger partial charge < -0.3 is 10.3 Å². The zero-order valence-corrected chi connectivity index (χ0v) is 7.54. The summed E-state index contributed by atoms with van der Waals surface area (Å²) >= 11 is 0. The Hall–Kier alpha value is -1.42. The molecule has 1 unspecified atom stereocenters. The summed E-state index contributed by atoms with van der Waals surface area (Å²) in [6.07, 6.45) is 2.76. The lowest BCUT2D eigenvalue weighted by molar-refractivity contribution is 0.694. The Morgan fingerprint density at radius 3 is 2.54 bits per heavy atom. The lowest BCUT2D eigenvalue weighted by atomic mass is 10.3. The first-order valence-electron chi connectivity index (χ1n) is 3.73. The molecule has 1 aromatic carbocycles. The largest absolute Gasteiger partial charge is 0.455 e. The first-order valence-corrected chi connectivity index (χ1v) is 4.94. The molecule has 1 aliphatic heterocycles. The lowest BCUT2D eigenvalue weighted by Gasteiger charge is -2.25. The van der Waals surface area contributed by atoms with E-state index in [0.717, 1.165) is 5.69 Å². The smallest absolute Gasteiger partial charge is 0.0881 e. The Labute approximate surface area is 78.7 Å². The van der Waals surface area contributed by atoms with Gasteiger partial charge in [0.15, 0.2) is 0 Å². The maximum atomic E-state index is 11.1. The summed E-state index contributed by atoms with van der Waals surface area (Å²) < 4.78 is 11.1. The van der Waals surface area contributed by atoms with E-state index in [-0.39, 0.29) is 5.17 Å². The van der Waals surface area contributed by atoms with Gasteiger partial charge in [-0.2, -0.15) is 0 Å². The number of hydrogen-bond donors (Lipinski definition) is 1. The molecule has 13 heavy (non-hydrogen) atoms. The minimum atomic E-state index is -1.33. The fraction of sp³-hybridized carbons (Fsp3) is 0. The van der Waals surface area contributed by atoms with Crippen LogP contribution in [0.5, 0.6) is 0 Å². The number of nitrogens with zero attached hydrogens (tertiary/aromatic N) is 1. The summed E-state index contributed by atoms with van der Waals surface area (Å²) in [4.78, 5) is 1.48. The Balaban J connectivity index is 2.35. The van der Waals surface area contributed by atoms with Crippen LogP contribution in [0.3, 0.4) is 0 Å². The van der Waals surface area contributed by atoms with Gasteiger partial charge in [0.05, 0.1) is 5.17 Å². The Morgan fingerprint density at radius 1 is 1.31 bits per heavy atom. The van der Waals surface area contributed by atoms with Crippen LogP contribution in [-0.4, -0.2) is 9.38 Å². The van der Waals surface area contributed by atoms with Crippen molar-refractivity contribution in [1.82, 2.24) is 0 Å². The van der Waals surface area contributed by atoms with Crippen molar-refractivity contribution in [2.75, 3.05) is 4.90 Å². The third-order valence-corrected chi connectivity index (χ3v) is 2.58. The van der Waals surface area contributed by atoms with E-state index in [1.807, 2.05) is 30.3 Å². The number of hydrogen-bond acceptors (Lipinski definition) is 2. The van der Waals surface area contributed by atoms with Crippen molar-refractivity contribution in [1.29, 1.82) is 5.41 Å². The quantitative estimate of drug-likeness (QED) is 0.683. The molecule has 0 saturated carbocycles. The maximum absolute atomic E-state index is 11.1. The molecule has 1 aromatic rings. The van der Waals surface area contributed by atoms with Crippen LogP contribution < -0.4 is 4.90 Å². The van der Waals surface area contributed by atoms with Gasteiger partial charge in [0.25, 0.3) is 0 Å². The Bertz CT molecular complexity index is 386. The van der Waals surface area contributed by atoms with E-state index in [9.17, 15) is 4.21 Å². The average Bonchev–Trinajstić information content (AvgIpc) is 2.49. The Kier molecular flexibility index (Phi) is 1.98. The molecule has 1 atom stereocenters. The van der Waals surface area contributed by atoms with Gasteiger partial charge in [-0.15, -0.1) is 0 Å². The normalized spacial score (nSPS) is 21.1. The highest BCUT2D eigenvalue weighted by atomic mass is 32.2. The molecule has 0 spiro atoms. The highest BCUT2D eigenvalue weighted by molar-refractivity contribution is 8.03. The molecule has 0 aromatic heterocycles. The van der Waals surface area contributed by atoms with Gasteiger partial charge in [0.2, 0.25) is 0 Å². The van der Waals surface area contributed by atoms with E-state index in [2.05, 4.69) is 6.20 Å². The van der Waals surface area contributed by atoms with Crippen LogP contribution in [0, 0.1) is 11.6 Å². The minimum absolute atomic E-state index is 0.0613. The second-order valence-corrected chi connectivity index (χ2v) is 3.74. The van der Waals surface area contributed by atoms with Crippen LogP contribution in [0.25, 0.3) is 0 Å². The van der Waals surface area contributed by atoms with Crippen LogP contribution in [0.1, 0.15) is 0 Å². The van der Waals surface area contributed by atoms with E-state index in [1.54, 1.807) is 0 Å². The van der Waals surface area contributed by atoms with Crippen molar-refractivity contribution in [3.8, 4) is 0 Å². The highest BCUT2D eigenvalue weighted by Gasteiger charge is 2.09. The number of nitrogens with one attached hydrogen (secondary N) is 1. The summed E-state index contributed by atoms with van der Waals surface area (Å²) in [6, 6.07) is 9.32. The summed E-state index contributed by atoms with van der Waals surface area (Å²) in [5.74, 6) is 0. The molecular formula is C9H7N2OS-. The summed E-state index contributed by atoms with van der Waals surface area (Å²) in [6.45, 7) is 0. The first kappa shape index (κ1) is 8.19. The molecule has 2 rings (SSSR count). The van der Waals surface area contributed by atoms with Gasteiger partial charge in [0.1, 0.15) is 0 Å². The number of anilines is 1. The molecule has 0 fully saturated rings. The topological polar surface area (TPSA) is 44.2 Å². The zero-order valence-electron chi connectivity index (χ0n) is 6.73. The number of rotatable bonds is 1. The predicted molar refractivity (Wildman–Crippen MR) is 52.6 cm³/mol. The van der Waals surface area contributed by atoms with Gasteiger partial charge in [0, 0.05) is 10.8 Å². The molecule has 0 amide bonds. The molecule has 0 radical (unpaired) electrons. The van der Waals surface area contributed by atoms with Crippen LogP contribution in [0.4, 0.5) is 5.69 Å². The average molecular weight is 191 g/mol. The van der Waals surface area contributed by atoms with E-state index in [4.69, 9.17) is 5.41 Å². The first-order chi connectivity index (χ1) is 6.29. The van der Waals surface area contributed by atoms with Crippen LogP contribution in [0.2, 0.25) is 0 Å². The fourth-order valence-corrected chi connectivity index (χ4v) is 1.72. The van der Waals surface area contributed by atoms with Gasteiger partial charge in [-0.3, -0.25) is 4.21 Å². The Morgan fingerprint density at radius 2 is 2.00 bits per heavy atom. The SMILES string of the molecule is N=C1N(c2ccccc2)[C-]=CS1=O. The van der Waals surface area contributed by atoms with Crippen molar-refractivity contribution >= 4 is 21.7 Å². The molecular weight excluding hydrogens is 184 g/mol. The van der Waals surface area contributed by atoms with Gasteiger partial charge in [-0.05, 0) is 5.41 Å².